The van der Waals surface area contributed by atoms with E-state index in [1.807, 2.05) is 0 Å². The van der Waals surface area contributed by atoms with Crippen molar-refractivity contribution in [1.29, 1.82) is 0 Å². The first kappa shape index (κ1) is 9.83. The summed E-state index contributed by atoms with van der Waals surface area (Å²) >= 11 is 2.09. The first-order chi connectivity index (χ1) is 6.70. The van der Waals surface area contributed by atoms with Crippen LogP contribution in [0.3, 0.4) is 0 Å². The van der Waals surface area contributed by atoms with Crippen LogP contribution in [0.2, 0.25) is 0 Å². The molecule has 2 aromatic carbocycles. The van der Waals surface area contributed by atoms with E-state index in [2.05, 4.69) is 77.7 Å². The molecule has 2 aromatic rings. The molecule has 1 nitrogen and oxygen atoms in total. The van der Waals surface area contributed by atoms with Crippen LogP contribution in [0.4, 0.5) is 5.69 Å². The number of anilines is 1. The van der Waals surface area contributed by atoms with Gasteiger partial charge in [-0.3, -0.25) is 0 Å². The first-order valence-corrected chi connectivity index (χ1v) is 5.73. The standard InChI is InChI=1S/C12H12NTe/c1-13(2)10-7-3-5-9-6-4-8-11(14)12(9)10/h3-8H,1-2H3. The third-order valence-electron chi connectivity index (χ3n) is 2.33. The summed E-state index contributed by atoms with van der Waals surface area (Å²) in [6.45, 7) is 0. The van der Waals surface area contributed by atoms with Gasteiger partial charge in [0.15, 0.2) is 0 Å². The van der Waals surface area contributed by atoms with Crippen LogP contribution < -0.4 is 8.51 Å². The van der Waals surface area contributed by atoms with E-state index in [4.69, 9.17) is 0 Å². The van der Waals surface area contributed by atoms with Crippen LogP contribution in [0.5, 0.6) is 0 Å². The Morgan fingerprint density at radius 2 is 1.64 bits per heavy atom. The molecule has 0 unspecified atom stereocenters. The summed E-state index contributed by atoms with van der Waals surface area (Å²) in [4.78, 5) is 2.16. The molecule has 0 atom stereocenters. The second kappa shape index (κ2) is 3.80. The Morgan fingerprint density at radius 1 is 1.00 bits per heavy atom. The zero-order valence-corrected chi connectivity index (χ0v) is 10.6. The van der Waals surface area contributed by atoms with E-state index in [0.717, 1.165) is 0 Å². The van der Waals surface area contributed by atoms with Gasteiger partial charge in [0.25, 0.3) is 0 Å². The van der Waals surface area contributed by atoms with Gasteiger partial charge in [-0.05, 0) is 0 Å². The fourth-order valence-electron chi connectivity index (χ4n) is 1.66. The molecule has 0 amide bonds. The Hall–Kier alpha value is -0.710. The molecule has 0 aliphatic rings. The second-order valence-electron chi connectivity index (χ2n) is 3.53. The summed E-state index contributed by atoms with van der Waals surface area (Å²) in [5.74, 6) is 0. The van der Waals surface area contributed by atoms with E-state index in [0.29, 0.717) is 0 Å². The molecular weight excluding hydrogens is 286 g/mol. The minimum atomic E-state index is 1.29. The second-order valence-corrected chi connectivity index (χ2v) is 4.78. The number of rotatable bonds is 1. The number of hydrogen-bond donors (Lipinski definition) is 0. The molecule has 0 fully saturated rings. The molecule has 1 radical (unpaired) electrons. The fourth-order valence-corrected chi connectivity index (χ4v) is 2.52. The number of fused-ring (bicyclic) bond motifs is 1. The Bertz CT molecular complexity index is 458. The molecule has 0 heterocycles. The van der Waals surface area contributed by atoms with Crippen molar-refractivity contribution in [1.82, 2.24) is 0 Å². The van der Waals surface area contributed by atoms with E-state index in [9.17, 15) is 0 Å². The van der Waals surface area contributed by atoms with Crippen molar-refractivity contribution in [2.45, 2.75) is 0 Å². The molecule has 0 bridgehead atoms. The van der Waals surface area contributed by atoms with Gasteiger partial charge in [-0.15, -0.1) is 0 Å². The van der Waals surface area contributed by atoms with Gasteiger partial charge in [0.2, 0.25) is 0 Å². The maximum atomic E-state index is 2.17. The Labute approximate surface area is 97.6 Å². The van der Waals surface area contributed by atoms with E-state index >= 15 is 0 Å². The average molecular weight is 298 g/mol. The predicted octanol–water partition coefficient (Wildman–Crippen LogP) is 1.70. The van der Waals surface area contributed by atoms with Crippen LogP contribution in [0, 0.1) is 0 Å². The van der Waals surface area contributed by atoms with Crippen molar-refractivity contribution in [2.75, 3.05) is 19.0 Å². The first-order valence-electron chi connectivity index (χ1n) is 4.56. The molecule has 0 saturated carbocycles. The zero-order chi connectivity index (χ0) is 10.1. The van der Waals surface area contributed by atoms with Crippen LogP contribution >= 0.6 is 0 Å². The third kappa shape index (κ3) is 1.61. The molecule has 0 N–H and O–H groups in total. The number of benzene rings is 2. The Kier molecular flexibility index (Phi) is 2.67. The summed E-state index contributed by atoms with van der Waals surface area (Å²) in [6.07, 6.45) is 0. The van der Waals surface area contributed by atoms with Gasteiger partial charge in [-0.2, -0.15) is 0 Å². The summed E-state index contributed by atoms with van der Waals surface area (Å²) in [7, 11) is 4.17. The monoisotopic (exact) mass is 300 g/mol. The molecule has 71 valence electrons. The predicted molar refractivity (Wildman–Crippen MR) is 63.7 cm³/mol. The molecule has 2 heteroatoms. The van der Waals surface area contributed by atoms with Gasteiger partial charge >= 0.3 is 97.8 Å². The van der Waals surface area contributed by atoms with Gasteiger partial charge in [0.1, 0.15) is 0 Å². The third-order valence-corrected chi connectivity index (χ3v) is 3.30. The topological polar surface area (TPSA) is 3.24 Å². The van der Waals surface area contributed by atoms with Crippen LogP contribution in [-0.2, 0) is 0 Å². The van der Waals surface area contributed by atoms with E-state index in [1.165, 1.54) is 20.1 Å². The van der Waals surface area contributed by atoms with Gasteiger partial charge in [-0.1, -0.05) is 0 Å². The summed E-state index contributed by atoms with van der Waals surface area (Å²) < 4.78 is 1.35. The normalized spacial score (nSPS) is 10.4. The Morgan fingerprint density at radius 3 is 2.29 bits per heavy atom. The zero-order valence-electron chi connectivity index (χ0n) is 8.32. The van der Waals surface area contributed by atoms with Crippen LogP contribution in [0.1, 0.15) is 0 Å². The van der Waals surface area contributed by atoms with E-state index in [-0.39, 0.29) is 0 Å². The van der Waals surface area contributed by atoms with Gasteiger partial charge < -0.3 is 0 Å². The van der Waals surface area contributed by atoms with Crippen molar-refractivity contribution < 1.29 is 0 Å². The van der Waals surface area contributed by atoms with Crippen molar-refractivity contribution in [3.63, 3.8) is 0 Å². The van der Waals surface area contributed by atoms with Crippen LogP contribution in [0.15, 0.2) is 36.4 Å². The van der Waals surface area contributed by atoms with Gasteiger partial charge in [-0.25, -0.2) is 0 Å². The molecule has 0 spiro atoms. The van der Waals surface area contributed by atoms with E-state index in [1.54, 1.807) is 0 Å². The van der Waals surface area contributed by atoms with Crippen molar-refractivity contribution in [3.8, 4) is 0 Å². The summed E-state index contributed by atoms with van der Waals surface area (Å²) in [5, 5.41) is 2.68. The molecule has 0 aliphatic heterocycles. The Balaban J connectivity index is 2.84. The molecule has 14 heavy (non-hydrogen) atoms. The van der Waals surface area contributed by atoms with E-state index < -0.39 is 0 Å². The minimum absolute atomic E-state index is 1.29. The van der Waals surface area contributed by atoms with Crippen LogP contribution in [0.25, 0.3) is 10.8 Å². The maximum absolute atomic E-state index is 2.17. The number of nitrogens with zero attached hydrogens (tertiary/aromatic N) is 1. The van der Waals surface area contributed by atoms with Gasteiger partial charge in [0, 0.05) is 0 Å². The van der Waals surface area contributed by atoms with Crippen molar-refractivity contribution >= 4 is 42.4 Å². The summed E-state index contributed by atoms with van der Waals surface area (Å²) in [6, 6.07) is 12.9. The molecule has 0 saturated heterocycles. The average Bonchev–Trinajstić information content (AvgIpc) is 2.17. The fraction of sp³-hybridized carbons (Fsp3) is 0.167. The number of hydrogen-bond acceptors (Lipinski definition) is 1. The molecule has 0 aliphatic carbocycles. The van der Waals surface area contributed by atoms with Crippen LogP contribution in [-0.4, -0.2) is 36.4 Å². The van der Waals surface area contributed by atoms with Crippen molar-refractivity contribution in [2.24, 2.45) is 0 Å². The molecule has 2 rings (SSSR count). The van der Waals surface area contributed by atoms with Gasteiger partial charge in [0.05, 0.1) is 0 Å². The summed E-state index contributed by atoms with van der Waals surface area (Å²) in [5.41, 5.74) is 1.29. The quantitative estimate of drug-likeness (QED) is 0.724. The van der Waals surface area contributed by atoms with Crippen molar-refractivity contribution in [3.05, 3.63) is 36.4 Å². The molecular formula is C12H12NTe. The molecule has 0 aromatic heterocycles. The SMILES string of the molecule is CN(C)c1cccc2cccc([Te])c12.